The van der Waals surface area contributed by atoms with Gasteiger partial charge in [-0.2, -0.15) is 0 Å². The van der Waals surface area contributed by atoms with E-state index in [1.165, 1.54) is 6.08 Å². The number of nitrogens with one attached hydrogen (secondary N) is 1. The number of allylic oxidation sites excluding steroid dienone is 1. The minimum atomic E-state index is -0.0911. The van der Waals surface area contributed by atoms with Gasteiger partial charge in [-0.25, -0.2) is 4.98 Å². The van der Waals surface area contributed by atoms with E-state index >= 15 is 0 Å². The van der Waals surface area contributed by atoms with Gasteiger partial charge in [0.15, 0.2) is 0 Å². The van der Waals surface area contributed by atoms with Gasteiger partial charge >= 0.3 is 0 Å². The molecule has 5 nitrogen and oxygen atoms in total. The molecule has 1 N–H and O–H groups in total. The van der Waals surface area contributed by atoms with Crippen LogP contribution < -0.4 is 10.1 Å². The van der Waals surface area contributed by atoms with Gasteiger partial charge in [-0.3, -0.25) is 4.79 Å². The van der Waals surface area contributed by atoms with Crippen LogP contribution in [0.15, 0.2) is 54.6 Å². The summed E-state index contributed by atoms with van der Waals surface area (Å²) in [5, 5.41) is 3.61. The first-order valence-corrected chi connectivity index (χ1v) is 9.70. The Balaban J connectivity index is 1.69. The fourth-order valence-electron chi connectivity index (χ4n) is 3.04. The summed E-state index contributed by atoms with van der Waals surface area (Å²) in [6.07, 6.45) is 3.89. The summed E-state index contributed by atoms with van der Waals surface area (Å²) < 4.78 is 8.06. The molecule has 0 fully saturated rings. The largest absolute Gasteiger partial charge is 0.492 e. The van der Waals surface area contributed by atoms with Crippen LogP contribution in [0, 0.1) is 6.92 Å². The Bertz CT molecular complexity index is 995. The molecule has 0 unspecified atom stereocenters. The molecule has 0 spiro atoms. The van der Waals surface area contributed by atoms with E-state index in [0.29, 0.717) is 26.1 Å². The summed E-state index contributed by atoms with van der Waals surface area (Å²) in [5.41, 5.74) is 3.00. The van der Waals surface area contributed by atoms with Crippen molar-refractivity contribution in [3.05, 3.63) is 71.0 Å². The van der Waals surface area contributed by atoms with E-state index in [9.17, 15) is 4.79 Å². The summed E-state index contributed by atoms with van der Waals surface area (Å²) >= 11 is 6.07. The number of aryl methyl sites for hydroxylation is 1. The molecule has 0 aliphatic rings. The van der Waals surface area contributed by atoms with Crippen molar-refractivity contribution >= 4 is 28.5 Å². The van der Waals surface area contributed by atoms with Gasteiger partial charge in [0.1, 0.15) is 18.2 Å². The number of hydrogen-bond donors (Lipinski definition) is 1. The average Bonchev–Trinajstić information content (AvgIpc) is 3.02. The van der Waals surface area contributed by atoms with Crippen molar-refractivity contribution in [3.8, 4) is 5.75 Å². The predicted molar refractivity (Wildman–Crippen MR) is 113 cm³/mol. The zero-order chi connectivity index (χ0) is 19.9. The molecule has 146 valence electrons. The third-order valence-electron chi connectivity index (χ3n) is 4.41. The van der Waals surface area contributed by atoms with Crippen molar-refractivity contribution in [2.75, 3.05) is 13.2 Å². The van der Waals surface area contributed by atoms with Crippen molar-refractivity contribution in [1.82, 2.24) is 14.9 Å². The van der Waals surface area contributed by atoms with Crippen LogP contribution in [-0.2, 0) is 17.8 Å². The molecule has 2 aromatic carbocycles. The van der Waals surface area contributed by atoms with E-state index in [0.717, 1.165) is 33.2 Å². The molecule has 28 heavy (non-hydrogen) atoms. The van der Waals surface area contributed by atoms with Crippen LogP contribution in [0.1, 0.15) is 18.3 Å². The number of aromatic nitrogens is 2. The Morgan fingerprint density at radius 2 is 2.11 bits per heavy atom. The Kier molecular flexibility index (Phi) is 6.71. The van der Waals surface area contributed by atoms with E-state index < -0.39 is 0 Å². The lowest BCUT2D eigenvalue weighted by molar-refractivity contribution is -0.116. The molecule has 6 heteroatoms. The molecule has 0 radical (unpaired) electrons. The van der Waals surface area contributed by atoms with Crippen LogP contribution in [0.25, 0.3) is 11.0 Å². The molecule has 0 aliphatic heterocycles. The van der Waals surface area contributed by atoms with Gasteiger partial charge in [-0.15, -0.1) is 0 Å². The molecule has 0 saturated carbocycles. The Morgan fingerprint density at radius 3 is 2.89 bits per heavy atom. The monoisotopic (exact) mass is 397 g/mol. The summed E-state index contributed by atoms with van der Waals surface area (Å²) in [7, 11) is 0. The van der Waals surface area contributed by atoms with Gasteiger partial charge in [-0.05, 0) is 55.8 Å². The molecule has 1 aromatic heterocycles. The standard InChI is InChI=1S/C22H24ClN3O2/c1-3-6-22(27)24-12-11-21-25-19-7-4-5-8-20(19)26(21)13-14-28-17-9-10-18(23)16(2)15-17/h3-10,15H,11-14H2,1-2H3,(H,24,27)/b6-3+. The Labute approximate surface area is 170 Å². The second-order valence-electron chi connectivity index (χ2n) is 6.47. The van der Waals surface area contributed by atoms with Crippen LogP contribution >= 0.6 is 11.6 Å². The first-order chi connectivity index (χ1) is 13.6. The Morgan fingerprint density at radius 1 is 1.29 bits per heavy atom. The van der Waals surface area contributed by atoms with E-state index in [1.54, 1.807) is 6.08 Å². The van der Waals surface area contributed by atoms with E-state index in [4.69, 9.17) is 21.3 Å². The maximum Gasteiger partial charge on any atom is 0.243 e. The van der Waals surface area contributed by atoms with Crippen molar-refractivity contribution in [2.24, 2.45) is 0 Å². The SMILES string of the molecule is C/C=C/C(=O)NCCc1nc2ccccc2n1CCOc1ccc(Cl)c(C)c1. The van der Waals surface area contributed by atoms with Crippen LogP contribution in [-0.4, -0.2) is 28.6 Å². The highest BCUT2D eigenvalue weighted by Gasteiger charge is 2.11. The molecule has 0 saturated heterocycles. The molecule has 3 aromatic rings. The van der Waals surface area contributed by atoms with Crippen molar-refractivity contribution < 1.29 is 9.53 Å². The highest BCUT2D eigenvalue weighted by Crippen LogP contribution is 2.21. The van der Waals surface area contributed by atoms with Crippen LogP contribution in [0.3, 0.4) is 0 Å². The topological polar surface area (TPSA) is 56.2 Å². The molecular formula is C22H24ClN3O2. The Hall–Kier alpha value is -2.79. The van der Waals surface area contributed by atoms with Gasteiger partial charge in [0.25, 0.3) is 0 Å². The predicted octanol–water partition coefficient (Wildman–Crippen LogP) is 4.31. The second-order valence-corrected chi connectivity index (χ2v) is 6.88. The number of carbonyl (C=O) groups is 1. The minimum Gasteiger partial charge on any atom is -0.492 e. The molecule has 0 aliphatic carbocycles. The number of fused-ring (bicyclic) bond motifs is 1. The molecule has 0 bridgehead atoms. The average molecular weight is 398 g/mol. The van der Waals surface area contributed by atoms with Crippen LogP contribution in [0.5, 0.6) is 5.75 Å². The lowest BCUT2D eigenvalue weighted by Gasteiger charge is -2.12. The third-order valence-corrected chi connectivity index (χ3v) is 4.84. The maximum absolute atomic E-state index is 11.6. The number of hydrogen-bond acceptors (Lipinski definition) is 3. The normalized spacial score (nSPS) is 11.2. The van der Waals surface area contributed by atoms with Gasteiger partial charge in [0, 0.05) is 18.0 Å². The van der Waals surface area contributed by atoms with Crippen molar-refractivity contribution in [1.29, 1.82) is 0 Å². The summed E-state index contributed by atoms with van der Waals surface area (Å²) in [5.74, 6) is 1.64. The number of ether oxygens (including phenoxy) is 1. The highest BCUT2D eigenvalue weighted by atomic mass is 35.5. The van der Waals surface area contributed by atoms with Gasteiger partial charge in [-0.1, -0.05) is 29.8 Å². The van der Waals surface area contributed by atoms with Gasteiger partial charge in [0.05, 0.1) is 17.6 Å². The van der Waals surface area contributed by atoms with E-state index in [2.05, 4.69) is 16.0 Å². The number of amides is 1. The lowest BCUT2D eigenvalue weighted by Crippen LogP contribution is -2.24. The summed E-state index contributed by atoms with van der Waals surface area (Å²) in [6, 6.07) is 13.7. The summed E-state index contributed by atoms with van der Waals surface area (Å²) in [6.45, 7) is 5.49. The molecule has 0 atom stereocenters. The molecule has 1 amide bonds. The first-order valence-electron chi connectivity index (χ1n) is 9.32. The van der Waals surface area contributed by atoms with E-state index in [-0.39, 0.29) is 5.91 Å². The first kappa shape index (κ1) is 20.0. The lowest BCUT2D eigenvalue weighted by atomic mass is 10.2. The number of benzene rings is 2. The number of para-hydroxylation sites is 2. The smallest absolute Gasteiger partial charge is 0.243 e. The fraction of sp³-hybridized carbons (Fsp3) is 0.273. The number of rotatable bonds is 8. The van der Waals surface area contributed by atoms with Crippen molar-refractivity contribution in [3.63, 3.8) is 0 Å². The zero-order valence-corrected chi connectivity index (χ0v) is 16.9. The highest BCUT2D eigenvalue weighted by molar-refractivity contribution is 6.31. The molecule has 3 rings (SSSR count). The van der Waals surface area contributed by atoms with Crippen LogP contribution in [0.4, 0.5) is 0 Å². The second kappa shape index (κ2) is 9.42. The summed E-state index contributed by atoms with van der Waals surface area (Å²) in [4.78, 5) is 16.3. The maximum atomic E-state index is 11.6. The number of nitrogens with zero attached hydrogens (tertiary/aromatic N) is 2. The number of halogens is 1. The molecular weight excluding hydrogens is 374 g/mol. The zero-order valence-electron chi connectivity index (χ0n) is 16.1. The van der Waals surface area contributed by atoms with Gasteiger partial charge in [0.2, 0.25) is 5.91 Å². The fourth-order valence-corrected chi connectivity index (χ4v) is 3.15. The third kappa shape index (κ3) is 4.93. The number of carbonyl (C=O) groups excluding carboxylic acids is 1. The van der Waals surface area contributed by atoms with Crippen LogP contribution in [0.2, 0.25) is 5.02 Å². The van der Waals surface area contributed by atoms with E-state index in [1.807, 2.05) is 50.2 Å². The number of imidazole rings is 1. The quantitative estimate of drug-likeness (QED) is 0.576. The van der Waals surface area contributed by atoms with Crippen molar-refractivity contribution in [2.45, 2.75) is 26.8 Å². The minimum absolute atomic E-state index is 0.0911. The van der Waals surface area contributed by atoms with Gasteiger partial charge < -0.3 is 14.6 Å². The molecule has 1 heterocycles.